The lowest BCUT2D eigenvalue weighted by molar-refractivity contribution is -0.105. The molecule has 1 aromatic carbocycles. The molecule has 1 aliphatic carbocycles. The van der Waals surface area contributed by atoms with Crippen LogP contribution in [-0.4, -0.2) is 6.29 Å². The van der Waals surface area contributed by atoms with Crippen molar-refractivity contribution in [2.24, 2.45) is 5.92 Å². The van der Waals surface area contributed by atoms with Crippen LogP contribution in [0.3, 0.4) is 0 Å². The largest absolute Gasteiger partial charge is 0.298 e. The molecule has 1 saturated carbocycles. The van der Waals surface area contributed by atoms with Crippen LogP contribution in [0, 0.1) is 11.7 Å². The van der Waals surface area contributed by atoms with Crippen molar-refractivity contribution in [3.63, 3.8) is 0 Å². The van der Waals surface area contributed by atoms with E-state index in [9.17, 15) is 9.18 Å². The number of hydrogen-bond donors (Lipinski definition) is 0. The summed E-state index contributed by atoms with van der Waals surface area (Å²) in [6, 6.07) is 6.28. The van der Waals surface area contributed by atoms with Crippen LogP contribution in [0.15, 0.2) is 29.8 Å². The van der Waals surface area contributed by atoms with Gasteiger partial charge in [-0.2, -0.15) is 0 Å². The minimum atomic E-state index is -0.264. The van der Waals surface area contributed by atoms with E-state index < -0.39 is 0 Å². The molecule has 0 N–H and O–H groups in total. The fourth-order valence-corrected chi connectivity index (χ4v) is 1.45. The lowest BCUT2D eigenvalue weighted by atomic mass is 10.1. The van der Waals surface area contributed by atoms with Gasteiger partial charge in [0.2, 0.25) is 0 Å². The number of aldehydes is 1. The zero-order valence-electron chi connectivity index (χ0n) is 7.74. The third kappa shape index (κ3) is 2.08. The highest BCUT2D eigenvalue weighted by Crippen LogP contribution is 2.36. The molecule has 0 amide bonds. The molecule has 0 heterocycles. The van der Waals surface area contributed by atoms with Gasteiger partial charge >= 0.3 is 0 Å². The van der Waals surface area contributed by atoms with Gasteiger partial charge in [0.1, 0.15) is 12.1 Å². The number of benzene rings is 1. The molecule has 0 aromatic heterocycles. The molecule has 0 radical (unpaired) electrons. The van der Waals surface area contributed by atoms with Crippen molar-refractivity contribution < 1.29 is 9.18 Å². The maximum absolute atomic E-state index is 12.8. The summed E-state index contributed by atoms with van der Waals surface area (Å²) in [4.78, 5) is 10.7. The van der Waals surface area contributed by atoms with Gasteiger partial charge in [0.15, 0.2) is 0 Å². The Kier molecular flexibility index (Phi) is 2.44. The van der Waals surface area contributed by atoms with E-state index in [4.69, 9.17) is 0 Å². The van der Waals surface area contributed by atoms with Crippen molar-refractivity contribution in [3.05, 3.63) is 41.2 Å². The Hall–Kier alpha value is -1.44. The quantitative estimate of drug-likeness (QED) is 0.529. The summed E-state index contributed by atoms with van der Waals surface area (Å²) in [5, 5.41) is 0. The van der Waals surface area contributed by atoms with E-state index in [1.54, 1.807) is 18.2 Å². The highest BCUT2D eigenvalue weighted by atomic mass is 19.1. The van der Waals surface area contributed by atoms with E-state index in [1.807, 2.05) is 0 Å². The number of allylic oxidation sites excluding steroid dienone is 1. The van der Waals surface area contributed by atoms with Gasteiger partial charge in [-0.1, -0.05) is 12.1 Å². The molecule has 1 aliphatic rings. The topological polar surface area (TPSA) is 17.1 Å². The summed E-state index contributed by atoms with van der Waals surface area (Å²) in [6.07, 6.45) is 4.82. The Balaban J connectivity index is 2.26. The summed E-state index contributed by atoms with van der Waals surface area (Å²) >= 11 is 0. The fraction of sp³-hybridized carbons (Fsp3) is 0.250. The van der Waals surface area contributed by atoms with Crippen LogP contribution >= 0.6 is 0 Å². The lowest BCUT2D eigenvalue weighted by Gasteiger charge is -1.97. The van der Waals surface area contributed by atoms with Gasteiger partial charge in [-0.3, -0.25) is 4.79 Å². The molecule has 1 nitrogen and oxygen atoms in total. The number of carbonyl (C=O) groups excluding carboxylic acids is 1. The van der Waals surface area contributed by atoms with Gasteiger partial charge in [-0.05, 0) is 48.1 Å². The molecule has 0 saturated heterocycles. The number of carbonyl (C=O) groups is 1. The minimum Gasteiger partial charge on any atom is -0.298 e. The Morgan fingerprint density at radius 2 is 2.21 bits per heavy atom. The van der Waals surface area contributed by atoms with E-state index >= 15 is 0 Å². The van der Waals surface area contributed by atoms with E-state index in [0.717, 1.165) is 30.3 Å². The molecule has 0 bridgehead atoms. The van der Waals surface area contributed by atoms with Gasteiger partial charge < -0.3 is 0 Å². The molecular formula is C12H11FO. The SMILES string of the molecule is O=C/C(=C\c1cccc(F)c1)C1CC1. The Bertz CT molecular complexity index is 378. The van der Waals surface area contributed by atoms with Gasteiger partial charge in [0, 0.05) is 0 Å². The first-order chi connectivity index (χ1) is 6.79. The zero-order valence-corrected chi connectivity index (χ0v) is 7.74. The second-order valence-corrected chi connectivity index (χ2v) is 3.59. The highest BCUT2D eigenvalue weighted by Gasteiger charge is 2.25. The molecular weight excluding hydrogens is 179 g/mol. The van der Waals surface area contributed by atoms with E-state index in [2.05, 4.69) is 0 Å². The summed E-state index contributed by atoms with van der Waals surface area (Å²) in [5.41, 5.74) is 1.55. The van der Waals surface area contributed by atoms with Crippen molar-refractivity contribution >= 4 is 12.4 Å². The number of hydrogen-bond acceptors (Lipinski definition) is 1. The summed E-state index contributed by atoms with van der Waals surface area (Å²) in [5.74, 6) is 0.149. The predicted octanol–water partition coefficient (Wildman–Crippen LogP) is 2.82. The molecule has 1 aromatic rings. The normalized spacial score (nSPS) is 16.8. The first-order valence-electron chi connectivity index (χ1n) is 4.72. The highest BCUT2D eigenvalue weighted by molar-refractivity contribution is 5.83. The molecule has 72 valence electrons. The third-order valence-electron chi connectivity index (χ3n) is 2.37. The van der Waals surface area contributed by atoms with Crippen molar-refractivity contribution in [2.75, 3.05) is 0 Å². The second kappa shape index (κ2) is 3.74. The van der Waals surface area contributed by atoms with Crippen molar-refractivity contribution in [1.82, 2.24) is 0 Å². The summed E-state index contributed by atoms with van der Waals surface area (Å²) in [7, 11) is 0. The maximum atomic E-state index is 12.8. The molecule has 14 heavy (non-hydrogen) atoms. The van der Waals surface area contributed by atoms with Crippen LogP contribution in [-0.2, 0) is 4.79 Å². The van der Waals surface area contributed by atoms with E-state index in [-0.39, 0.29) is 5.82 Å². The van der Waals surface area contributed by atoms with Crippen LogP contribution in [0.4, 0.5) is 4.39 Å². The Morgan fingerprint density at radius 1 is 1.43 bits per heavy atom. The van der Waals surface area contributed by atoms with Gasteiger partial charge in [0.25, 0.3) is 0 Å². The van der Waals surface area contributed by atoms with E-state index in [0.29, 0.717) is 5.92 Å². The van der Waals surface area contributed by atoms with Gasteiger partial charge in [-0.15, -0.1) is 0 Å². The molecule has 1 fully saturated rings. The van der Waals surface area contributed by atoms with Crippen LogP contribution < -0.4 is 0 Å². The fourth-order valence-electron chi connectivity index (χ4n) is 1.45. The van der Waals surface area contributed by atoms with Gasteiger partial charge in [-0.25, -0.2) is 4.39 Å². The maximum Gasteiger partial charge on any atom is 0.146 e. The van der Waals surface area contributed by atoms with Crippen molar-refractivity contribution in [3.8, 4) is 0 Å². The summed E-state index contributed by atoms with van der Waals surface area (Å²) < 4.78 is 12.8. The van der Waals surface area contributed by atoms with E-state index in [1.165, 1.54) is 12.1 Å². The van der Waals surface area contributed by atoms with Crippen LogP contribution in [0.1, 0.15) is 18.4 Å². The first-order valence-corrected chi connectivity index (χ1v) is 4.72. The monoisotopic (exact) mass is 190 g/mol. The second-order valence-electron chi connectivity index (χ2n) is 3.59. The average molecular weight is 190 g/mol. The average Bonchev–Trinajstić information content (AvgIpc) is 2.97. The zero-order chi connectivity index (χ0) is 9.97. The molecule has 0 spiro atoms. The third-order valence-corrected chi connectivity index (χ3v) is 2.37. The number of rotatable bonds is 3. The molecule has 2 heteroatoms. The smallest absolute Gasteiger partial charge is 0.146 e. The minimum absolute atomic E-state index is 0.264. The molecule has 0 unspecified atom stereocenters. The lowest BCUT2D eigenvalue weighted by Crippen LogP contribution is -1.87. The van der Waals surface area contributed by atoms with Crippen molar-refractivity contribution in [2.45, 2.75) is 12.8 Å². The predicted molar refractivity (Wildman–Crippen MR) is 53.2 cm³/mol. The standard InChI is InChI=1S/C12H11FO/c13-12-3-1-2-9(7-12)6-11(8-14)10-4-5-10/h1-3,6-8,10H,4-5H2/b11-6+. The van der Waals surface area contributed by atoms with Crippen LogP contribution in [0.25, 0.3) is 6.08 Å². The molecule has 2 rings (SSSR count). The molecule has 0 aliphatic heterocycles. The summed E-state index contributed by atoms with van der Waals surface area (Å²) in [6.45, 7) is 0. The number of halogens is 1. The Labute approximate surface area is 82.3 Å². The van der Waals surface area contributed by atoms with Crippen molar-refractivity contribution in [1.29, 1.82) is 0 Å². The Morgan fingerprint density at radius 3 is 2.79 bits per heavy atom. The first kappa shape index (κ1) is 9.13. The van der Waals surface area contributed by atoms with Crippen LogP contribution in [0.5, 0.6) is 0 Å². The van der Waals surface area contributed by atoms with Gasteiger partial charge in [0.05, 0.1) is 0 Å². The van der Waals surface area contributed by atoms with Crippen LogP contribution in [0.2, 0.25) is 0 Å². The molecule has 0 atom stereocenters.